The maximum absolute atomic E-state index is 12.3. The third kappa shape index (κ3) is 4.84. The fourth-order valence-electron chi connectivity index (χ4n) is 1.98. The molecule has 0 radical (unpaired) electrons. The highest BCUT2D eigenvalue weighted by atomic mass is 35.5. The van der Waals surface area contributed by atoms with Crippen molar-refractivity contribution in [1.82, 2.24) is 4.98 Å². The molecule has 132 valence electrons. The zero-order chi connectivity index (χ0) is 18.6. The Morgan fingerprint density at radius 2 is 1.96 bits per heavy atom. The van der Waals surface area contributed by atoms with Gasteiger partial charge in [0.1, 0.15) is 11.3 Å². The minimum atomic E-state index is -1.06. The van der Waals surface area contributed by atoms with Crippen molar-refractivity contribution in [2.45, 2.75) is 20.0 Å². The molecule has 2 aromatic rings. The van der Waals surface area contributed by atoms with Crippen LogP contribution in [0.5, 0.6) is 5.75 Å². The minimum absolute atomic E-state index is 0.132. The number of rotatable bonds is 5. The molecule has 25 heavy (non-hydrogen) atoms. The number of anilines is 1. The summed E-state index contributed by atoms with van der Waals surface area (Å²) in [5.41, 5.74) is 1.10. The van der Waals surface area contributed by atoms with Gasteiger partial charge in [-0.25, -0.2) is 9.78 Å². The number of nitrogens with one attached hydrogen (secondary N) is 1. The van der Waals surface area contributed by atoms with Gasteiger partial charge in [-0.15, -0.1) is 0 Å². The van der Waals surface area contributed by atoms with Gasteiger partial charge < -0.3 is 14.8 Å². The number of pyridine rings is 1. The highest BCUT2D eigenvalue weighted by molar-refractivity contribution is 6.36. The van der Waals surface area contributed by atoms with Crippen LogP contribution in [0.4, 0.5) is 5.82 Å². The van der Waals surface area contributed by atoms with Gasteiger partial charge in [-0.3, -0.25) is 4.79 Å². The number of carbonyl (C=O) groups excluding carboxylic acids is 2. The maximum atomic E-state index is 12.3. The van der Waals surface area contributed by atoms with Gasteiger partial charge >= 0.3 is 5.97 Å². The summed E-state index contributed by atoms with van der Waals surface area (Å²) in [6.07, 6.45) is 0.281. The van der Waals surface area contributed by atoms with E-state index >= 15 is 0 Å². The van der Waals surface area contributed by atoms with Crippen molar-refractivity contribution in [3.05, 3.63) is 51.6 Å². The number of hydrogen-bond donors (Lipinski definition) is 1. The predicted octanol–water partition coefficient (Wildman–Crippen LogP) is 3.89. The number of benzene rings is 1. The Balaban J connectivity index is 2.08. The number of aryl methyl sites for hydroxylation is 1. The fourth-order valence-corrected chi connectivity index (χ4v) is 2.41. The number of aromatic nitrogens is 1. The van der Waals surface area contributed by atoms with E-state index in [2.05, 4.69) is 10.3 Å². The second-order valence-corrected chi connectivity index (χ2v) is 6.07. The maximum Gasteiger partial charge on any atom is 0.342 e. The molecule has 0 saturated heterocycles. The third-order valence-corrected chi connectivity index (χ3v) is 3.77. The lowest BCUT2D eigenvalue weighted by Crippen LogP contribution is -2.30. The topological polar surface area (TPSA) is 77.5 Å². The molecule has 1 aromatic heterocycles. The first kappa shape index (κ1) is 19.0. The number of hydrogen-bond acceptors (Lipinski definition) is 5. The highest BCUT2D eigenvalue weighted by Crippen LogP contribution is 2.23. The Labute approximate surface area is 155 Å². The standard InChI is InChI=1S/C17H16Cl2N2O4/c1-9-4-5-14(24-3)12(6-9)17(23)25-10(2)16(22)21-15-13(19)7-11(18)8-20-15/h4-8,10H,1-3H3,(H,20,21,22)/t10-/m0/s1. The van der Waals surface area contributed by atoms with E-state index in [9.17, 15) is 9.59 Å². The zero-order valence-corrected chi connectivity index (χ0v) is 15.3. The van der Waals surface area contributed by atoms with Crippen molar-refractivity contribution in [2.24, 2.45) is 0 Å². The van der Waals surface area contributed by atoms with E-state index in [4.69, 9.17) is 32.7 Å². The Morgan fingerprint density at radius 1 is 1.24 bits per heavy atom. The van der Waals surface area contributed by atoms with Gasteiger partial charge in [0.25, 0.3) is 5.91 Å². The minimum Gasteiger partial charge on any atom is -0.496 e. The molecular formula is C17H16Cl2N2O4. The lowest BCUT2D eigenvalue weighted by Gasteiger charge is -2.15. The summed E-state index contributed by atoms with van der Waals surface area (Å²) in [5.74, 6) is -0.743. The van der Waals surface area contributed by atoms with E-state index in [0.29, 0.717) is 10.8 Å². The molecule has 0 unspecified atom stereocenters. The largest absolute Gasteiger partial charge is 0.496 e. The number of methoxy groups -OCH3 is 1. The Morgan fingerprint density at radius 3 is 2.60 bits per heavy atom. The molecule has 1 aromatic carbocycles. The smallest absolute Gasteiger partial charge is 0.342 e. The molecule has 1 N–H and O–H groups in total. The first-order valence-electron chi connectivity index (χ1n) is 7.29. The lowest BCUT2D eigenvalue weighted by atomic mass is 10.1. The fraction of sp³-hybridized carbons (Fsp3) is 0.235. The average Bonchev–Trinajstić information content (AvgIpc) is 2.57. The van der Waals surface area contributed by atoms with Gasteiger partial charge in [-0.1, -0.05) is 34.8 Å². The lowest BCUT2D eigenvalue weighted by molar-refractivity contribution is -0.123. The Kier molecular flexibility index (Phi) is 6.22. The van der Waals surface area contributed by atoms with Crippen LogP contribution in [0.25, 0.3) is 0 Å². The first-order valence-corrected chi connectivity index (χ1v) is 8.05. The molecule has 6 nitrogen and oxygen atoms in total. The summed E-state index contributed by atoms with van der Waals surface area (Å²) in [7, 11) is 1.45. The molecule has 0 aliphatic carbocycles. The van der Waals surface area contributed by atoms with Crippen LogP contribution >= 0.6 is 23.2 Å². The average molecular weight is 383 g/mol. The highest BCUT2D eigenvalue weighted by Gasteiger charge is 2.22. The molecule has 0 aliphatic rings. The van der Waals surface area contributed by atoms with E-state index in [1.807, 2.05) is 6.92 Å². The molecule has 0 aliphatic heterocycles. The van der Waals surface area contributed by atoms with Crippen LogP contribution in [0.2, 0.25) is 10.0 Å². The van der Waals surface area contributed by atoms with Crippen molar-refractivity contribution in [3.8, 4) is 5.75 Å². The van der Waals surface area contributed by atoms with Crippen molar-refractivity contribution in [2.75, 3.05) is 12.4 Å². The molecule has 0 fully saturated rings. The number of halogens is 2. The Hall–Kier alpha value is -2.31. The van der Waals surface area contributed by atoms with Crippen molar-refractivity contribution < 1.29 is 19.1 Å². The molecule has 8 heteroatoms. The van der Waals surface area contributed by atoms with E-state index in [-0.39, 0.29) is 16.4 Å². The van der Waals surface area contributed by atoms with E-state index < -0.39 is 18.0 Å². The normalized spacial score (nSPS) is 11.6. The van der Waals surface area contributed by atoms with Gasteiger partial charge in [-0.2, -0.15) is 0 Å². The van der Waals surface area contributed by atoms with Crippen LogP contribution in [0, 0.1) is 6.92 Å². The molecular weight excluding hydrogens is 367 g/mol. The quantitative estimate of drug-likeness (QED) is 0.793. The second-order valence-electron chi connectivity index (χ2n) is 5.22. The van der Waals surface area contributed by atoms with Crippen LogP contribution in [0.3, 0.4) is 0 Å². The third-order valence-electron chi connectivity index (χ3n) is 3.28. The van der Waals surface area contributed by atoms with Crippen molar-refractivity contribution >= 4 is 40.9 Å². The van der Waals surface area contributed by atoms with Gasteiger partial charge in [0.2, 0.25) is 0 Å². The number of amides is 1. The van der Waals surface area contributed by atoms with Crippen molar-refractivity contribution in [1.29, 1.82) is 0 Å². The summed E-state index contributed by atoms with van der Waals surface area (Å²) in [6, 6.07) is 6.54. The van der Waals surface area contributed by atoms with Crippen LogP contribution in [-0.4, -0.2) is 30.1 Å². The molecule has 1 amide bonds. The van der Waals surface area contributed by atoms with Crippen LogP contribution in [0.15, 0.2) is 30.5 Å². The summed E-state index contributed by atoms with van der Waals surface area (Å²) in [5, 5.41) is 3.01. The molecule has 1 atom stereocenters. The first-order chi connectivity index (χ1) is 11.8. The monoisotopic (exact) mass is 382 g/mol. The van der Waals surface area contributed by atoms with Gasteiger partial charge in [-0.05, 0) is 32.0 Å². The van der Waals surface area contributed by atoms with Crippen molar-refractivity contribution in [3.63, 3.8) is 0 Å². The van der Waals surface area contributed by atoms with E-state index in [1.54, 1.807) is 18.2 Å². The molecule has 0 bridgehead atoms. The van der Waals surface area contributed by atoms with Crippen LogP contribution < -0.4 is 10.1 Å². The number of nitrogens with zero attached hydrogens (tertiary/aromatic N) is 1. The molecule has 1 heterocycles. The summed E-state index contributed by atoms with van der Waals surface area (Å²) >= 11 is 11.7. The van der Waals surface area contributed by atoms with Crippen LogP contribution in [0.1, 0.15) is 22.8 Å². The summed E-state index contributed by atoms with van der Waals surface area (Å²) in [6.45, 7) is 3.28. The summed E-state index contributed by atoms with van der Waals surface area (Å²) < 4.78 is 10.3. The second kappa shape index (κ2) is 8.18. The Bertz CT molecular complexity index is 811. The van der Waals surface area contributed by atoms with E-state index in [0.717, 1.165) is 5.56 Å². The van der Waals surface area contributed by atoms with Crippen LogP contribution in [-0.2, 0) is 9.53 Å². The molecule has 0 spiro atoms. The van der Waals surface area contributed by atoms with Gasteiger partial charge in [0.15, 0.2) is 11.9 Å². The molecule has 0 saturated carbocycles. The van der Waals surface area contributed by atoms with E-state index in [1.165, 1.54) is 26.3 Å². The zero-order valence-electron chi connectivity index (χ0n) is 13.8. The SMILES string of the molecule is COc1ccc(C)cc1C(=O)O[C@@H](C)C(=O)Nc1ncc(Cl)cc1Cl. The number of esters is 1. The number of carbonyl (C=O) groups is 2. The van der Waals surface area contributed by atoms with Gasteiger partial charge in [0, 0.05) is 6.20 Å². The number of ether oxygens (including phenoxy) is 2. The predicted molar refractivity (Wildman–Crippen MR) is 95.5 cm³/mol. The molecule has 2 rings (SSSR count). The van der Waals surface area contributed by atoms with Gasteiger partial charge in [0.05, 0.1) is 17.2 Å². The summed E-state index contributed by atoms with van der Waals surface area (Å²) in [4.78, 5) is 28.4.